The van der Waals surface area contributed by atoms with Crippen molar-refractivity contribution in [2.45, 2.75) is 35.3 Å². The number of sulfonamides is 1. The molecule has 1 aliphatic rings. The van der Waals surface area contributed by atoms with E-state index in [1.165, 1.54) is 17.0 Å². The average Bonchev–Trinajstić information content (AvgIpc) is 3.23. The Bertz CT molecular complexity index is 823. The van der Waals surface area contributed by atoms with E-state index in [0.29, 0.717) is 12.1 Å². The summed E-state index contributed by atoms with van der Waals surface area (Å²) in [4.78, 5) is 12.4. The molecule has 1 amide bonds. The standard InChI is InChI=1S/C17H20N2O3S2/c18-24(21,22)15-10-13(11-23-15)16(20)19-12-17(8-4-5-9-17)14-6-2-1-3-7-14/h1-3,6-7,10-11H,4-5,8-9,12H2,(H,19,20)(H2,18,21,22). The van der Waals surface area contributed by atoms with Gasteiger partial charge < -0.3 is 5.32 Å². The van der Waals surface area contributed by atoms with Gasteiger partial charge in [0.05, 0.1) is 5.56 Å². The highest BCUT2D eigenvalue weighted by Crippen LogP contribution is 2.40. The molecule has 5 nitrogen and oxygen atoms in total. The third-order valence-corrected chi connectivity index (χ3v) is 7.04. The molecule has 24 heavy (non-hydrogen) atoms. The van der Waals surface area contributed by atoms with Crippen molar-refractivity contribution in [1.29, 1.82) is 0 Å². The van der Waals surface area contributed by atoms with Crippen LogP contribution in [0.15, 0.2) is 46.0 Å². The fourth-order valence-corrected chi connectivity index (χ4v) is 4.93. The van der Waals surface area contributed by atoms with Crippen LogP contribution in [0.5, 0.6) is 0 Å². The van der Waals surface area contributed by atoms with E-state index in [9.17, 15) is 13.2 Å². The lowest BCUT2D eigenvalue weighted by atomic mass is 9.79. The molecule has 1 aromatic heterocycles. The summed E-state index contributed by atoms with van der Waals surface area (Å²) in [5.41, 5.74) is 1.55. The maximum Gasteiger partial charge on any atom is 0.252 e. The predicted molar refractivity (Wildman–Crippen MR) is 94.6 cm³/mol. The molecule has 0 radical (unpaired) electrons. The number of benzene rings is 1. The van der Waals surface area contributed by atoms with Gasteiger partial charge in [0.15, 0.2) is 0 Å². The Morgan fingerprint density at radius 1 is 1.21 bits per heavy atom. The molecule has 0 aliphatic heterocycles. The second kappa shape index (κ2) is 6.66. The fraction of sp³-hybridized carbons (Fsp3) is 0.353. The number of thiophene rings is 1. The van der Waals surface area contributed by atoms with Crippen molar-refractivity contribution < 1.29 is 13.2 Å². The number of carbonyl (C=O) groups excluding carboxylic acids is 1. The number of hydrogen-bond acceptors (Lipinski definition) is 4. The van der Waals surface area contributed by atoms with Crippen molar-refractivity contribution >= 4 is 27.3 Å². The van der Waals surface area contributed by atoms with E-state index in [-0.39, 0.29) is 15.5 Å². The summed E-state index contributed by atoms with van der Waals surface area (Å²) in [5.74, 6) is -0.261. The molecule has 7 heteroatoms. The zero-order valence-corrected chi connectivity index (χ0v) is 14.8. The molecular weight excluding hydrogens is 344 g/mol. The van der Waals surface area contributed by atoms with Crippen molar-refractivity contribution in [2.24, 2.45) is 5.14 Å². The lowest BCUT2D eigenvalue weighted by Gasteiger charge is -2.30. The van der Waals surface area contributed by atoms with E-state index in [4.69, 9.17) is 5.14 Å². The molecule has 1 saturated carbocycles. The first kappa shape index (κ1) is 17.1. The second-order valence-electron chi connectivity index (χ2n) is 6.24. The van der Waals surface area contributed by atoms with E-state index >= 15 is 0 Å². The maximum absolute atomic E-state index is 12.4. The van der Waals surface area contributed by atoms with Crippen LogP contribution >= 0.6 is 11.3 Å². The van der Waals surface area contributed by atoms with Gasteiger partial charge in [-0.25, -0.2) is 13.6 Å². The van der Waals surface area contributed by atoms with Crippen LogP contribution in [0, 0.1) is 0 Å². The monoisotopic (exact) mass is 364 g/mol. The molecule has 2 aromatic rings. The van der Waals surface area contributed by atoms with Crippen LogP contribution in [-0.2, 0) is 15.4 Å². The fourth-order valence-electron chi connectivity index (χ4n) is 3.35. The summed E-state index contributed by atoms with van der Waals surface area (Å²) < 4.78 is 22.7. The third kappa shape index (κ3) is 3.53. The number of hydrogen-bond donors (Lipinski definition) is 2. The van der Waals surface area contributed by atoms with Gasteiger partial charge in [0.25, 0.3) is 5.91 Å². The summed E-state index contributed by atoms with van der Waals surface area (Å²) in [6.45, 7) is 0.552. The van der Waals surface area contributed by atoms with Crippen LogP contribution in [0.3, 0.4) is 0 Å². The maximum atomic E-state index is 12.4. The largest absolute Gasteiger partial charge is 0.351 e. The van der Waals surface area contributed by atoms with Gasteiger partial charge in [-0.15, -0.1) is 11.3 Å². The number of rotatable bonds is 5. The minimum absolute atomic E-state index is 0.00582. The van der Waals surface area contributed by atoms with E-state index in [2.05, 4.69) is 17.4 Å². The Balaban J connectivity index is 1.74. The van der Waals surface area contributed by atoms with Gasteiger partial charge in [0.1, 0.15) is 4.21 Å². The first-order valence-electron chi connectivity index (χ1n) is 7.86. The minimum Gasteiger partial charge on any atom is -0.351 e. The van der Waals surface area contributed by atoms with Gasteiger partial charge >= 0.3 is 0 Å². The van der Waals surface area contributed by atoms with Crippen LogP contribution in [0.1, 0.15) is 41.6 Å². The van der Waals surface area contributed by atoms with Crippen LogP contribution in [-0.4, -0.2) is 20.9 Å². The molecule has 3 N–H and O–H groups in total. The lowest BCUT2D eigenvalue weighted by Crippen LogP contribution is -2.38. The van der Waals surface area contributed by atoms with Gasteiger partial charge in [0, 0.05) is 17.3 Å². The summed E-state index contributed by atoms with van der Waals surface area (Å²) >= 11 is 0.965. The Morgan fingerprint density at radius 2 is 1.88 bits per heavy atom. The average molecular weight is 364 g/mol. The SMILES string of the molecule is NS(=O)(=O)c1cc(C(=O)NCC2(c3ccccc3)CCCC2)cs1. The molecule has 1 aromatic carbocycles. The summed E-state index contributed by atoms with van der Waals surface area (Å²) in [6.07, 6.45) is 4.39. The first-order valence-corrected chi connectivity index (χ1v) is 10.3. The summed E-state index contributed by atoms with van der Waals surface area (Å²) in [5, 5.41) is 9.60. The van der Waals surface area contributed by atoms with Gasteiger partial charge in [-0.3, -0.25) is 4.79 Å². The number of carbonyl (C=O) groups is 1. The first-order chi connectivity index (χ1) is 11.4. The lowest BCUT2D eigenvalue weighted by molar-refractivity contribution is 0.0943. The number of primary sulfonamides is 1. The zero-order valence-electron chi connectivity index (χ0n) is 13.2. The van der Waals surface area contributed by atoms with Crippen LogP contribution < -0.4 is 10.5 Å². The molecule has 0 saturated heterocycles. The van der Waals surface area contributed by atoms with Crippen molar-refractivity contribution in [3.63, 3.8) is 0 Å². The number of nitrogens with one attached hydrogen (secondary N) is 1. The molecule has 3 rings (SSSR count). The summed E-state index contributed by atoms with van der Waals surface area (Å²) in [6, 6.07) is 11.6. The highest BCUT2D eigenvalue weighted by molar-refractivity contribution is 7.91. The quantitative estimate of drug-likeness (QED) is 0.855. The van der Waals surface area contributed by atoms with Crippen LogP contribution in [0.25, 0.3) is 0 Å². The van der Waals surface area contributed by atoms with Crippen molar-refractivity contribution in [3.8, 4) is 0 Å². The molecule has 1 aliphatic carbocycles. The van der Waals surface area contributed by atoms with Crippen molar-refractivity contribution in [3.05, 3.63) is 52.9 Å². The van der Waals surface area contributed by atoms with E-state index < -0.39 is 10.0 Å². The third-order valence-electron chi connectivity index (χ3n) is 4.65. The molecule has 0 unspecified atom stereocenters. The highest BCUT2D eigenvalue weighted by Gasteiger charge is 2.35. The molecule has 0 atom stereocenters. The van der Waals surface area contributed by atoms with Crippen molar-refractivity contribution in [1.82, 2.24) is 5.32 Å². The minimum atomic E-state index is -3.76. The number of nitrogens with two attached hydrogens (primary N) is 1. The Morgan fingerprint density at radius 3 is 2.46 bits per heavy atom. The van der Waals surface area contributed by atoms with Gasteiger partial charge in [-0.05, 0) is 24.5 Å². The Labute approximate surface area is 145 Å². The smallest absolute Gasteiger partial charge is 0.252 e. The van der Waals surface area contributed by atoms with Gasteiger partial charge in [-0.1, -0.05) is 43.2 Å². The van der Waals surface area contributed by atoms with E-state index in [1.54, 1.807) is 0 Å². The molecule has 0 bridgehead atoms. The molecule has 128 valence electrons. The molecule has 1 fully saturated rings. The Kier molecular flexibility index (Phi) is 4.76. The van der Waals surface area contributed by atoms with Crippen LogP contribution in [0.2, 0.25) is 0 Å². The van der Waals surface area contributed by atoms with Crippen LogP contribution in [0.4, 0.5) is 0 Å². The molecule has 1 heterocycles. The van der Waals surface area contributed by atoms with Crippen molar-refractivity contribution in [2.75, 3.05) is 6.54 Å². The molecule has 0 spiro atoms. The molecular formula is C17H20N2O3S2. The number of amides is 1. The zero-order chi connectivity index (χ0) is 17.2. The Hall–Kier alpha value is -1.70. The normalized spacial score (nSPS) is 16.9. The van der Waals surface area contributed by atoms with E-state index in [1.807, 2.05) is 18.2 Å². The van der Waals surface area contributed by atoms with Gasteiger partial charge in [0.2, 0.25) is 10.0 Å². The topological polar surface area (TPSA) is 89.3 Å². The van der Waals surface area contributed by atoms with Gasteiger partial charge in [-0.2, -0.15) is 0 Å². The van der Waals surface area contributed by atoms with E-state index in [0.717, 1.165) is 37.0 Å². The highest BCUT2D eigenvalue weighted by atomic mass is 32.2. The predicted octanol–water partition coefficient (Wildman–Crippen LogP) is 2.64. The second-order valence-corrected chi connectivity index (χ2v) is 8.94. The summed E-state index contributed by atoms with van der Waals surface area (Å²) in [7, 11) is -3.76.